The molecule has 3 N–H and O–H groups in total. The van der Waals surface area contributed by atoms with E-state index in [-0.39, 0.29) is 5.91 Å². The summed E-state index contributed by atoms with van der Waals surface area (Å²) < 4.78 is 0. The van der Waals surface area contributed by atoms with Crippen LogP contribution in [-0.2, 0) is 11.3 Å². The lowest BCUT2D eigenvalue weighted by atomic mass is 10.2. The smallest absolute Gasteiger partial charge is 0.238 e. The molecule has 0 unspecified atom stereocenters. The van der Waals surface area contributed by atoms with E-state index in [9.17, 15) is 4.79 Å². The Morgan fingerprint density at radius 3 is 2.59 bits per heavy atom. The molecule has 0 aliphatic carbocycles. The van der Waals surface area contributed by atoms with Crippen molar-refractivity contribution in [2.24, 2.45) is 0 Å². The zero-order chi connectivity index (χ0) is 15.9. The molecule has 0 radical (unpaired) electrons. The van der Waals surface area contributed by atoms with Crippen LogP contribution in [0.1, 0.15) is 12.5 Å². The number of hydrogen-bond acceptors (Lipinski definition) is 3. The highest BCUT2D eigenvalue weighted by molar-refractivity contribution is 6.33. The average molecular weight is 318 g/mol. The fourth-order valence-corrected chi connectivity index (χ4v) is 2.26. The summed E-state index contributed by atoms with van der Waals surface area (Å²) >= 11 is 5.87. The third kappa shape index (κ3) is 4.76. The van der Waals surface area contributed by atoms with Gasteiger partial charge in [0.1, 0.15) is 0 Å². The van der Waals surface area contributed by atoms with Crippen molar-refractivity contribution >= 4 is 28.9 Å². The summed E-state index contributed by atoms with van der Waals surface area (Å²) in [6.45, 7) is 3.91. The molecule has 2 rings (SSSR count). The molecule has 2 aromatic carbocycles. The van der Waals surface area contributed by atoms with E-state index >= 15 is 0 Å². The molecule has 0 aliphatic rings. The van der Waals surface area contributed by atoms with Crippen molar-refractivity contribution in [3.05, 3.63) is 59.1 Å². The summed E-state index contributed by atoms with van der Waals surface area (Å²) in [4.78, 5) is 14.2. The SMILES string of the molecule is CCN(CC(=O)Nc1ccc(Cl)c(N)c1)Cc1ccccc1. The molecule has 2 aromatic rings. The van der Waals surface area contributed by atoms with Crippen LogP contribution in [0.2, 0.25) is 5.02 Å². The highest BCUT2D eigenvalue weighted by Gasteiger charge is 2.10. The number of nitrogens with zero attached hydrogens (tertiary/aromatic N) is 1. The summed E-state index contributed by atoms with van der Waals surface area (Å²) in [5, 5.41) is 3.32. The molecule has 5 heteroatoms. The summed E-state index contributed by atoms with van der Waals surface area (Å²) in [6, 6.07) is 15.2. The fraction of sp³-hybridized carbons (Fsp3) is 0.235. The number of amides is 1. The first-order valence-corrected chi connectivity index (χ1v) is 7.57. The highest BCUT2D eigenvalue weighted by atomic mass is 35.5. The second-order valence-electron chi connectivity index (χ2n) is 5.07. The number of nitrogens with one attached hydrogen (secondary N) is 1. The minimum Gasteiger partial charge on any atom is -0.397 e. The number of carbonyl (C=O) groups is 1. The van der Waals surface area contributed by atoms with Crippen molar-refractivity contribution in [3.63, 3.8) is 0 Å². The van der Waals surface area contributed by atoms with Gasteiger partial charge in [-0.05, 0) is 30.3 Å². The van der Waals surface area contributed by atoms with Gasteiger partial charge in [0, 0.05) is 12.2 Å². The number of benzene rings is 2. The van der Waals surface area contributed by atoms with E-state index in [0.717, 1.165) is 13.1 Å². The topological polar surface area (TPSA) is 58.4 Å². The van der Waals surface area contributed by atoms with Gasteiger partial charge in [0.25, 0.3) is 0 Å². The molecule has 0 aromatic heterocycles. The molecule has 0 aliphatic heterocycles. The molecule has 0 atom stereocenters. The lowest BCUT2D eigenvalue weighted by Gasteiger charge is -2.20. The molecule has 4 nitrogen and oxygen atoms in total. The van der Waals surface area contributed by atoms with Crippen molar-refractivity contribution in [2.75, 3.05) is 24.1 Å². The second-order valence-corrected chi connectivity index (χ2v) is 5.48. The van der Waals surface area contributed by atoms with Gasteiger partial charge in [-0.1, -0.05) is 48.9 Å². The first kappa shape index (κ1) is 16.3. The van der Waals surface area contributed by atoms with Gasteiger partial charge in [0.15, 0.2) is 0 Å². The van der Waals surface area contributed by atoms with E-state index in [1.807, 2.05) is 25.1 Å². The second kappa shape index (κ2) is 7.82. The largest absolute Gasteiger partial charge is 0.397 e. The summed E-state index contributed by atoms with van der Waals surface area (Å²) in [5.74, 6) is -0.0699. The van der Waals surface area contributed by atoms with Crippen LogP contribution >= 0.6 is 11.6 Å². The van der Waals surface area contributed by atoms with Gasteiger partial charge in [-0.25, -0.2) is 0 Å². The van der Waals surface area contributed by atoms with Gasteiger partial charge in [0.05, 0.1) is 17.3 Å². The van der Waals surface area contributed by atoms with Crippen LogP contribution in [0.25, 0.3) is 0 Å². The lowest BCUT2D eigenvalue weighted by Crippen LogP contribution is -2.32. The average Bonchev–Trinajstić information content (AvgIpc) is 2.51. The number of hydrogen-bond donors (Lipinski definition) is 2. The molecule has 116 valence electrons. The van der Waals surface area contributed by atoms with Crippen LogP contribution in [-0.4, -0.2) is 23.9 Å². The van der Waals surface area contributed by atoms with Crippen molar-refractivity contribution in [1.29, 1.82) is 0 Å². The highest BCUT2D eigenvalue weighted by Crippen LogP contribution is 2.22. The molecule has 22 heavy (non-hydrogen) atoms. The molecule has 0 saturated carbocycles. The Bertz CT molecular complexity index is 631. The Kier molecular flexibility index (Phi) is 5.81. The van der Waals surface area contributed by atoms with Crippen LogP contribution in [0.5, 0.6) is 0 Å². The van der Waals surface area contributed by atoms with E-state index in [1.165, 1.54) is 5.56 Å². The van der Waals surface area contributed by atoms with Gasteiger partial charge < -0.3 is 11.1 Å². The van der Waals surface area contributed by atoms with Crippen LogP contribution in [0.3, 0.4) is 0 Å². The number of likely N-dealkylation sites (N-methyl/N-ethyl adjacent to an activating group) is 1. The van der Waals surface area contributed by atoms with Crippen LogP contribution in [0, 0.1) is 0 Å². The predicted octanol–water partition coefficient (Wildman–Crippen LogP) is 3.38. The molecule has 0 fully saturated rings. The van der Waals surface area contributed by atoms with Gasteiger partial charge >= 0.3 is 0 Å². The number of rotatable bonds is 6. The Labute approximate surface area is 135 Å². The van der Waals surface area contributed by atoms with E-state index < -0.39 is 0 Å². The van der Waals surface area contributed by atoms with Crippen LogP contribution in [0.4, 0.5) is 11.4 Å². The minimum absolute atomic E-state index is 0.0699. The number of halogens is 1. The Morgan fingerprint density at radius 1 is 1.23 bits per heavy atom. The van der Waals surface area contributed by atoms with Crippen molar-refractivity contribution in [2.45, 2.75) is 13.5 Å². The number of nitrogens with two attached hydrogens (primary N) is 1. The fourth-order valence-electron chi connectivity index (χ4n) is 2.15. The standard InChI is InChI=1S/C17H20ClN3O/c1-2-21(11-13-6-4-3-5-7-13)12-17(22)20-14-8-9-15(18)16(19)10-14/h3-10H,2,11-12,19H2,1H3,(H,20,22). The van der Waals surface area contributed by atoms with Gasteiger partial charge in [-0.15, -0.1) is 0 Å². The normalized spacial score (nSPS) is 10.7. The third-order valence-corrected chi connectivity index (χ3v) is 3.69. The summed E-state index contributed by atoms with van der Waals surface area (Å²) in [6.07, 6.45) is 0. The Hall–Kier alpha value is -2.04. The molecule has 0 bridgehead atoms. The number of nitrogen functional groups attached to an aromatic ring is 1. The zero-order valence-electron chi connectivity index (χ0n) is 12.6. The molecule has 0 saturated heterocycles. The quantitative estimate of drug-likeness (QED) is 0.803. The molecule has 0 spiro atoms. The monoisotopic (exact) mass is 317 g/mol. The van der Waals surface area contributed by atoms with E-state index in [0.29, 0.717) is 22.9 Å². The third-order valence-electron chi connectivity index (χ3n) is 3.34. The van der Waals surface area contributed by atoms with E-state index in [4.69, 9.17) is 17.3 Å². The maximum Gasteiger partial charge on any atom is 0.238 e. The number of carbonyl (C=O) groups excluding carboxylic acids is 1. The Balaban J connectivity index is 1.93. The van der Waals surface area contributed by atoms with E-state index in [2.05, 4.69) is 22.3 Å². The van der Waals surface area contributed by atoms with Gasteiger partial charge in [-0.3, -0.25) is 9.69 Å². The maximum absolute atomic E-state index is 12.1. The lowest BCUT2D eigenvalue weighted by molar-refractivity contribution is -0.117. The first-order valence-electron chi connectivity index (χ1n) is 7.19. The molecular formula is C17H20ClN3O. The van der Waals surface area contributed by atoms with Crippen molar-refractivity contribution in [3.8, 4) is 0 Å². The summed E-state index contributed by atoms with van der Waals surface area (Å²) in [7, 11) is 0. The summed E-state index contributed by atoms with van der Waals surface area (Å²) in [5.41, 5.74) is 8.03. The molecule has 0 heterocycles. The van der Waals surface area contributed by atoms with E-state index in [1.54, 1.807) is 18.2 Å². The molecular weight excluding hydrogens is 298 g/mol. The minimum atomic E-state index is -0.0699. The predicted molar refractivity (Wildman–Crippen MR) is 91.9 cm³/mol. The van der Waals surface area contributed by atoms with Gasteiger partial charge in [0.2, 0.25) is 5.91 Å². The van der Waals surface area contributed by atoms with Crippen LogP contribution in [0.15, 0.2) is 48.5 Å². The van der Waals surface area contributed by atoms with Crippen LogP contribution < -0.4 is 11.1 Å². The van der Waals surface area contributed by atoms with Gasteiger partial charge in [-0.2, -0.15) is 0 Å². The van der Waals surface area contributed by atoms with Crippen molar-refractivity contribution in [1.82, 2.24) is 4.90 Å². The zero-order valence-corrected chi connectivity index (χ0v) is 13.3. The van der Waals surface area contributed by atoms with Crippen molar-refractivity contribution < 1.29 is 4.79 Å². The number of anilines is 2. The molecule has 1 amide bonds. The first-order chi connectivity index (χ1) is 10.6. The maximum atomic E-state index is 12.1. The Morgan fingerprint density at radius 2 is 1.95 bits per heavy atom.